The molecule has 1 aromatic heterocycles. The van der Waals surface area contributed by atoms with E-state index >= 15 is 0 Å². The lowest BCUT2D eigenvalue weighted by Gasteiger charge is -2.32. The second-order valence-electron chi connectivity index (χ2n) is 9.64. The second kappa shape index (κ2) is 11.7. The van der Waals surface area contributed by atoms with Gasteiger partial charge in [-0.2, -0.15) is 0 Å². The highest BCUT2D eigenvalue weighted by atomic mass is 19.1. The number of amides is 2. The second-order valence-corrected chi connectivity index (χ2v) is 9.64. The number of aromatic nitrogens is 2. The molecule has 0 saturated carbocycles. The molecule has 1 saturated heterocycles. The summed E-state index contributed by atoms with van der Waals surface area (Å²) in [6.45, 7) is 3.37. The van der Waals surface area contributed by atoms with Gasteiger partial charge in [0.2, 0.25) is 5.91 Å². The number of ether oxygens (including phenoxy) is 1. The molecule has 3 aromatic carbocycles. The number of likely N-dealkylation sites (N-methyl/N-ethyl adjacent to an activating group) is 1. The van der Waals surface area contributed by atoms with E-state index in [9.17, 15) is 14.0 Å². The van der Waals surface area contributed by atoms with E-state index in [1.165, 1.54) is 19.2 Å². The predicted molar refractivity (Wildman–Crippen MR) is 147 cm³/mol. The Morgan fingerprint density at radius 3 is 2.36 bits per heavy atom. The van der Waals surface area contributed by atoms with Gasteiger partial charge < -0.3 is 19.9 Å². The van der Waals surface area contributed by atoms with Gasteiger partial charge in [0.1, 0.15) is 12.4 Å². The van der Waals surface area contributed by atoms with Crippen LogP contribution in [0.1, 0.15) is 15.9 Å². The maximum atomic E-state index is 13.8. The lowest BCUT2D eigenvalue weighted by atomic mass is 10.0. The van der Waals surface area contributed by atoms with Gasteiger partial charge in [0.25, 0.3) is 5.91 Å². The van der Waals surface area contributed by atoms with Crippen LogP contribution >= 0.6 is 0 Å². The average Bonchev–Trinajstić information content (AvgIpc) is 2.96. The fourth-order valence-electron chi connectivity index (χ4n) is 4.60. The Hall–Kier alpha value is -4.21. The Kier molecular flexibility index (Phi) is 7.90. The van der Waals surface area contributed by atoms with E-state index < -0.39 is 0 Å². The van der Waals surface area contributed by atoms with Crippen LogP contribution in [0.25, 0.3) is 33.5 Å². The first kappa shape index (κ1) is 26.4. The molecule has 1 fully saturated rings. The van der Waals surface area contributed by atoms with E-state index in [0.717, 1.165) is 24.2 Å². The van der Waals surface area contributed by atoms with Gasteiger partial charge in [-0.3, -0.25) is 9.59 Å². The summed E-state index contributed by atoms with van der Waals surface area (Å²) in [7, 11) is 3.52. The number of carbonyl (C=O) groups excluding carboxylic acids is 2. The lowest BCUT2D eigenvalue weighted by molar-refractivity contribution is -0.124. The number of nitrogens with one attached hydrogen (secondary N) is 1. The van der Waals surface area contributed by atoms with E-state index in [1.807, 2.05) is 35.2 Å². The standard InChI is InChI=1S/C30H30FN5O3/c1-35-12-14-36(15-13-35)30(38)23-8-11-25-26(17-23)34-28(21-6-9-24(31)10-7-21)29(33-25)22-5-3-4-20(16-22)18-32-27(37)19-39-2/h3-11,16-17H,12-15,18-19H2,1-2H3,(H,32,37). The number of hydrogen-bond donors (Lipinski definition) is 1. The summed E-state index contributed by atoms with van der Waals surface area (Å²) < 4.78 is 18.6. The van der Waals surface area contributed by atoms with Gasteiger partial charge in [-0.25, -0.2) is 14.4 Å². The monoisotopic (exact) mass is 527 g/mol. The van der Waals surface area contributed by atoms with Crippen molar-refractivity contribution in [3.8, 4) is 22.5 Å². The summed E-state index contributed by atoms with van der Waals surface area (Å²) in [5, 5.41) is 2.83. The molecule has 9 heteroatoms. The third-order valence-corrected chi connectivity index (χ3v) is 6.78. The molecule has 0 unspecified atom stereocenters. The number of piperazine rings is 1. The molecule has 8 nitrogen and oxygen atoms in total. The van der Waals surface area contributed by atoms with Crippen LogP contribution in [-0.2, 0) is 16.1 Å². The minimum absolute atomic E-state index is 0.0101. The number of benzene rings is 3. The van der Waals surface area contributed by atoms with Gasteiger partial charge in [0.05, 0.1) is 22.4 Å². The van der Waals surface area contributed by atoms with Crippen molar-refractivity contribution in [2.24, 2.45) is 0 Å². The number of rotatable bonds is 7. The molecule has 5 rings (SSSR count). The molecule has 2 heterocycles. The molecule has 1 N–H and O–H groups in total. The van der Waals surface area contributed by atoms with Crippen LogP contribution in [0.2, 0.25) is 0 Å². The van der Waals surface area contributed by atoms with Gasteiger partial charge in [0.15, 0.2) is 0 Å². The quantitative estimate of drug-likeness (QED) is 0.394. The lowest BCUT2D eigenvalue weighted by Crippen LogP contribution is -2.47. The average molecular weight is 528 g/mol. The first-order valence-corrected chi connectivity index (χ1v) is 12.8. The summed E-state index contributed by atoms with van der Waals surface area (Å²) in [6.07, 6.45) is 0. The van der Waals surface area contributed by atoms with Crippen molar-refractivity contribution in [1.29, 1.82) is 0 Å². The van der Waals surface area contributed by atoms with Crippen LogP contribution in [0.4, 0.5) is 4.39 Å². The Bertz CT molecular complexity index is 1500. The predicted octanol–water partition coefficient (Wildman–Crippen LogP) is 3.75. The van der Waals surface area contributed by atoms with Crippen molar-refractivity contribution < 1.29 is 18.7 Å². The van der Waals surface area contributed by atoms with Crippen molar-refractivity contribution in [3.63, 3.8) is 0 Å². The molecule has 39 heavy (non-hydrogen) atoms. The van der Waals surface area contributed by atoms with Crippen LogP contribution in [0.5, 0.6) is 0 Å². The molecule has 0 radical (unpaired) electrons. The molecular weight excluding hydrogens is 497 g/mol. The largest absolute Gasteiger partial charge is 0.375 e. The Morgan fingerprint density at radius 2 is 1.62 bits per heavy atom. The van der Waals surface area contributed by atoms with Crippen molar-refractivity contribution in [2.45, 2.75) is 6.54 Å². The van der Waals surface area contributed by atoms with Crippen LogP contribution in [0.15, 0.2) is 66.7 Å². The van der Waals surface area contributed by atoms with E-state index in [0.29, 0.717) is 53.2 Å². The fourth-order valence-corrected chi connectivity index (χ4v) is 4.60. The maximum Gasteiger partial charge on any atom is 0.254 e. The van der Waals surface area contributed by atoms with E-state index in [2.05, 4.69) is 17.3 Å². The van der Waals surface area contributed by atoms with E-state index in [1.54, 1.807) is 24.3 Å². The van der Waals surface area contributed by atoms with E-state index in [-0.39, 0.29) is 24.2 Å². The zero-order valence-electron chi connectivity index (χ0n) is 22.0. The summed E-state index contributed by atoms with van der Waals surface area (Å²) in [5.74, 6) is -0.576. The Morgan fingerprint density at radius 1 is 0.897 bits per heavy atom. The molecule has 0 spiro atoms. The van der Waals surface area contributed by atoms with Gasteiger partial charge in [0, 0.05) is 56.5 Å². The van der Waals surface area contributed by atoms with Crippen molar-refractivity contribution in [3.05, 3.63) is 83.7 Å². The molecule has 2 amide bonds. The van der Waals surface area contributed by atoms with Crippen LogP contribution in [0.3, 0.4) is 0 Å². The first-order chi connectivity index (χ1) is 18.9. The molecule has 0 atom stereocenters. The number of methoxy groups -OCH3 is 1. The number of fused-ring (bicyclic) bond motifs is 1. The third-order valence-electron chi connectivity index (χ3n) is 6.78. The summed E-state index contributed by atoms with van der Waals surface area (Å²) in [6, 6.07) is 19.2. The minimum Gasteiger partial charge on any atom is -0.375 e. The molecule has 4 aromatic rings. The minimum atomic E-state index is -0.345. The maximum absolute atomic E-state index is 13.8. The Balaban J connectivity index is 1.53. The fraction of sp³-hybridized carbons (Fsp3) is 0.267. The highest BCUT2D eigenvalue weighted by Crippen LogP contribution is 2.32. The van der Waals surface area contributed by atoms with Crippen LogP contribution < -0.4 is 5.32 Å². The first-order valence-electron chi connectivity index (χ1n) is 12.8. The summed E-state index contributed by atoms with van der Waals surface area (Å²) >= 11 is 0. The molecule has 0 aliphatic carbocycles. The molecule has 1 aliphatic rings. The van der Waals surface area contributed by atoms with Crippen molar-refractivity contribution in [2.75, 3.05) is 46.9 Å². The highest BCUT2D eigenvalue weighted by Gasteiger charge is 2.21. The topological polar surface area (TPSA) is 87.7 Å². The SMILES string of the molecule is COCC(=O)NCc1cccc(-c2nc3ccc(C(=O)N4CCN(C)CC4)cc3nc2-c2ccc(F)cc2)c1. The normalized spacial score (nSPS) is 14.0. The summed E-state index contributed by atoms with van der Waals surface area (Å²) in [5.41, 5.74) is 5.38. The van der Waals surface area contributed by atoms with Crippen LogP contribution in [0, 0.1) is 5.82 Å². The third kappa shape index (κ3) is 6.10. The van der Waals surface area contributed by atoms with Crippen molar-refractivity contribution in [1.82, 2.24) is 25.1 Å². The number of hydrogen-bond acceptors (Lipinski definition) is 6. The smallest absolute Gasteiger partial charge is 0.254 e. The molecule has 0 bridgehead atoms. The number of carbonyl (C=O) groups is 2. The van der Waals surface area contributed by atoms with Gasteiger partial charge in [-0.15, -0.1) is 0 Å². The van der Waals surface area contributed by atoms with Gasteiger partial charge in [-0.1, -0.05) is 18.2 Å². The van der Waals surface area contributed by atoms with Gasteiger partial charge >= 0.3 is 0 Å². The van der Waals surface area contributed by atoms with Gasteiger partial charge in [-0.05, 0) is 61.1 Å². The Labute approximate surface area is 226 Å². The molecular formula is C30H30FN5O3. The zero-order valence-corrected chi connectivity index (χ0v) is 22.0. The number of halogens is 1. The number of nitrogens with zero attached hydrogens (tertiary/aromatic N) is 4. The van der Waals surface area contributed by atoms with Crippen molar-refractivity contribution >= 4 is 22.8 Å². The highest BCUT2D eigenvalue weighted by molar-refractivity contribution is 5.98. The van der Waals surface area contributed by atoms with E-state index in [4.69, 9.17) is 14.7 Å². The summed E-state index contributed by atoms with van der Waals surface area (Å²) in [4.78, 5) is 39.0. The molecule has 1 aliphatic heterocycles. The zero-order chi connectivity index (χ0) is 27.4. The van der Waals surface area contributed by atoms with Crippen LogP contribution in [-0.4, -0.2) is 78.5 Å². The molecule has 200 valence electrons.